The van der Waals surface area contributed by atoms with Gasteiger partial charge in [0.25, 0.3) is 0 Å². The maximum Gasteiger partial charge on any atom is 0.115 e. The van der Waals surface area contributed by atoms with Crippen molar-refractivity contribution in [3.63, 3.8) is 0 Å². The lowest BCUT2D eigenvalue weighted by molar-refractivity contribution is -0.125. The Labute approximate surface area is 101 Å². The van der Waals surface area contributed by atoms with Crippen LogP contribution in [0.3, 0.4) is 0 Å². The van der Waals surface area contributed by atoms with Gasteiger partial charge in [0.2, 0.25) is 0 Å². The molecular weight excluding hydrogens is 214 g/mol. The Morgan fingerprint density at radius 2 is 2.12 bits per heavy atom. The van der Waals surface area contributed by atoms with Crippen LogP contribution < -0.4 is 5.32 Å². The molecule has 2 bridgehead atoms. The van der Waals surface area contributed by atoms with Crippen LogP contribution in [0.5, 0.6) is 5.75 Å². The number of rotatable bonds is 0. The van der Waals surface area contributed by atoms with E-state index in [4.69, 9.17) is 0 Å². The first kappa shape index (κ1) is 11.1. The smallest absolute Gasteiger partial charge is 0.115 e. The van der Waals surface area contributed by atoms with E-state index in [1.165, 1.54) is 0 Å². The highest BCUT2D eigenvalue weighted by molar-refractivity contribution is 5.44. The standard InChI is InChI=1S/C14H19NO2/c1-13(2)12-7-9-3-4-10(16)8-11(9)14(13,17)5-6-15-12/h3-4,8,12,15-17H,5-7H2,1-2H3. The molecule has 0 amide bonds. The number of hydrogen-bond acceptors (Lipinski definition) is 3. The van der Waals surface area contributed by atoms with Crippen molar-refractivity contribution in [3.05, 3.63) is 29.3 Å². The number of nitrogens with one attached hydrogen (secondary N) is 1. The molecule has 17 heavy (non-hydrogen) atoms. The minimum absolute atomic E-state index is 0.202. The van der Waals surface area contributed by atoms with Crippen molar-refractivity contribution in [1.82, 2.24) is 5.32 Å². The first-order valence-corrected chi connectivity index (χ1v) is 6.23. The maximum atomic E-state index is 11.1. The van der Waals surface area contributed by atoms with Gasteiger partial charge in [0, 0.05) is 11.5 Å². The fourth-order valence-corrected chi connectivity index (χ4v) is 3.45. The molecule has 1 fully saturated rings. The summed E-state index contributed by atoms with van der Waals surface area (Å²) in [6.07, 6.45) is 1.62. The van der Waals surface area contributed by atoms with Crippen LogP contribution in [-0.4, -0.2) is 22.8 Å². The first-order chi connectivity index (χ1) is 7.95. The van der Waals surface area contributed by atoms with Crippen molar-refractivity contribution in [3.8, 4) is 5.75 Å². The Bertz CT molecular complexity index is 469. The zero-order valence-electron chi connectivity index (χ0n) is 10.3. The van der Waals surface area contributed by atoms with Gasteiger partial charge in [-0.05, 0) is 42.6 Å². The number of phenolic OH excluding ortho intramolecular Hbond substituents is 1. The van der Waals surface area contributed by atoms with Gasteiger partial charge in [0.05, 0.1) is 5.60 Å². The molecular formula is C14H19NO2. The highest BCUT2D eigenvalue weighted by Crippen LogP contribution is 2.52. The van der Waals surface area contributed by atoms with Crippen molar-refractivity contribution in [2.24, 2.45) is 5.41 Å². The molecule has 3 N–H and O–H groups in total. The number of aromatic hydroxyl groups is 1. The molecule has 1 heterocycles. The van der Waals surface area contributed by atoms with Crippen LogP contribution in [0.25, 0.3) is 0 Å². The van der Waals surface area contributed by atoms with E-state index in [9.17, 15) is 10.2 Å². The molecule has 0 aromatic heterocycles. The lowest BCUT2D eigenvalue weighted by atomic mass is 9.57. The van der Waals surface area contributed by atoms with Gasteiger partial charge in [-0.1, -0.05) is 19.9 Å². The summed E-state index contributed by atoms with van der Waals surface area (Å²) in [5.41, 5.74) is 1.04. The van der Waals surface area contributed by atoms with Gasteiger partial charge in [0.15, 0.2) is 0 Å². The molecule has 1 aliphatic carbocycles. The summed E-state index contributed by atoms with van der Waals surface area (Å²) >= 11 is 0. The summed E-state index contributed by atoms with van der Waals surface area (Å²) in [5.74, 6) is 0.241. The molecule has 2 aliphatic rings. The number of piperidine rings is 1. The molecule has 0 spiro atoms. The molecule has 0 saturated carbocycles. The van der Waals surface area contributed by atoms with Crippen LogP contribution in [0.2, 0.25) is 0 Å². The topological polar surface area (TPSA) is 52.5 Å². The van der Waals surface area contributed by atoms with Gasteiger partial charge < -0.3 is 15.5 Å². The third-order valence-electron chi connectivity index (χ3n) is 4.78. The van der Waals surface area contributed by atoms with Crippen LogP contribution in [-0.2, 0) is 12.0 Å². The van der Waals surface area contributed by atoms with Crippen LogP contribution >= 0.6 is 0 Å². The van der Waals surface area contributed by atoms with Crippen molar-refractivity contribution >= 4 is 0 Å². The highest BCUT2D eigenvalue weighted by Gasteiger charge is 2.55. The quantitative estimate of drug-likeness (QED) is 0.637. The van der Waals surface area contributed by atoms with E-state index < -0.39 is 5.60 Å². The summed E-state index contributed by atoms with van der Waals surface area (Å²) < 4.78 is 0. The fraction of sp³-hybridized carbons (Fsp3) is 0.571. The van der Waals surface area contributed by atoms with Crippen molar-refractivity contribution < 1.29 is 10.2 Å². The molecule has 1 saturated heterocycles. The fourth-order valence-electron chi connectivity index (χ4n) is 3.45. The van der Waals surface area contributed by atoms with E-state index in [0.29, 0.717) is 12.5 Å². The second-order valence-electron chi connectivity index (χ2n) is 5.88. The summed E-state index contributed by atoms with van der Waals surface area (Å²) in [6, 6.07) is 5.68. The van der Waals surface area contributed by atoms with Crippen molar-refractivity contribution in [2.75, 3.05) is 6.54 Å². The van der Waals surface area contributed by atoms with Gasteiger partial charge in [-0.25, -0.2) is 0 Å². The Morgan fingerprint density at radius 1 is 1.35 bits per heavy atom. The third kappa shape index (κ3) is 1.30. The minimum atomic E-state index is -0.824. The van der Waals surface area contributed by atoms with Crippen LogP contribution in [0.15, 0.2) is 18.2 Å². The number of benzene rings is 1. The number of phenols is 1. The lowest BCUT2D eigenvalue weighted by Crippen LogP contribution is -2.63. The van der Waals surface area contributed by atoms with Gasteiger partial charge in [-0.3, -0.25) is 0 Å². The average Bonchev–Trinajstić information content (AvgIpc) is 2.25. The molecule has 1 aromatic carbocycles. The Kier molecular flexibility index (Phi) is 2.11. The van der Waals surface area contributed by atoms with Crippen LogP contribution in [0, 0.1) is 5.41 Å². The SMILES string of the molecule is CC1(C)C2Cc3ccc(O)cc3C1(O)CCN2. The van der Waals surface area contributed by atoms with E-state index in [1.807, 2.05) is 6.07 Å². The third-order valence-corrected chi connectivity index (χ3v) is 4.78. The number of hydrogen-bond donors (Lipinski definition) is 3. The second-order valence-corrected chi connectivity index (χ2v) is 5.88. The van der Waals surface area contributed by atoms with Crippen LogP contribution in [0.1, 0.15) is 31.4 Å². The van der Waals surface area contributed by atoms with Gasteiger partial charge in [-0.15, -0.1) is 0 Å². The average molecular weight is 233 g/mol. The lowest BCUT2D eigenvalue weighted by Gasteiger charge is -2.55. The largest absolute Gasteiger partial charge is 0.508 e. The van der Waals surface area contributed by atoms with E-state index in [-0.39, 0.29) is 11.2 Å². The molecule has 3 nitrogen and oxygen atoms in total. The molecule has 3 rings (SSSR count). The zero-order chi connectivity index (χ0) is 12.3. The zero-order valence-corrected chi connectivity index (χ0v) is 10.3. The normalized spacial score (nSPS) is 34.2. The van der Waals surface area contributed by atoms with Crippen molar-refractivity contribution in [2.45, 2.75) is 38.3 Å². The molecule has 2 atom stereocenters. The number of aliphatic hydroxyl groups is 1. The minimum Gasteiger partial charge on any atom is -0.508 e. The van der Waals surface area contributed by atoms with E-state index in [2.05, 4.69) is 19.2 Å². The van der Waals surface area contributed by atoms with E-state index >= 15 is 0 Å². The number of fused-ring (bicyclic) bond motifs is 4. The predicted octanol–water partition coefficient (Wildman–Crippen LogP) is 1.52. The Balaban J connectivity index is 2.23. The highest BCUT2D eigenvalue weighted by atomic mass is 16.3. The van der Waals surface area contributed by atoms with E-state index in [1.54, 1.807) is 12.1 Å². The van der Waals surface area contributed by atoms with Crippen molar-refractivity contribution in [1.29, 1.82) is 0 Å². The molecule has 92 valence electrons. The molecule has 3 heteroatoms. The first-order valence-electron chi connectivity index (χ1n) is 6.23. The molecule has 1 aliphatic heterocycles. The Hall–Kier alpha value is -1.06. The van der Waals surface area contributed by atoms with Gasteiger partial charge in [0.1, 0.15) is 5.75 Å². The molecule has 2 unspecified atom stereocenters. The van der Waals surface area contributed by atoms with Gasteiger partial charge >= 0.3 is 0 Å². The monoisotopic (exact) mass is 233 g/mol. The molecule has 1 aromatic rings. The summed E-state index contributed by atoms with van der Waals surface area (Å²) in [7, 11) is 0. The second kappa shape index (κ2) is 3.24. The molecule has 0 radical (unpaired) electrons. The van der Waals surface area contributed by atoms with Crippen LogP contribution in [0.4, 0.5) is 0 Å². The van der Waals surface area contributed by atoms with E-state index in [0.717, 1.165) is 24.1 Å². The Morgan fingerprint density at radius 3 is 2.88 bits per heavy atom. The summed E-state index contributed by atoms with van der Waals surface area (Å²) in [6.45, 7) is 5.05. The maximum absolute atomic E-state index is 11.1. The summed E-state index contributed by atoms with van der Waals surface area (Å²) in [4.78, 5) is 0. The summed E-state index contributed by atoms with van der Waals surface area (Å²) in [5, 5.41) is 24.2. The van der Waals surface area contributed by atoms with Gasteiger partial charge in [-0.2, -0.15) is 0 Å². The predicted molar refractivity (Wildman–Crippen MR) is 65.9 cm³/mol.